The zero-order chi connectivity index (χ0) is 18.0. The number of amides is 3. The van der Waals surface area contributed by atoms with Crippen LogP contribution in [-0.2, 0) is 16.0 Å². The third-order valence-electron chi connectivity index (χ3n) is 3.92. The molecule has 1 N–H and O–H groups in total. The lowest BCUT2D eigenvalue weighted by Crippen LogP contribution is -2.43. The first-order valence-electron chi connectivity index (χ1n) is 7.64. The van der Waals surface area contributed by atoms with E-state index >= 15 is 0 Å². The van der Waals surface area contributed by atoms with Gasteiger partial charge in [-0.15, -0.1) is 0 Å². The van der Waals surface area contributed by atoms with Gasteiger partial charge in [-0.2, -0.15) is 0 Å². The first kappa shape index (κ1) is 17.1. The van der Waals surface area contributed by atoms with Crippen LogP contribution in [-0.4, -0.2) is 29.2 Å². The number of rotatable bonds is 4. The molecule has 25 heavy (non-hydrogen) atoms. The molecule has 0 unspecified atom stereocenters. The number of hydrogen-bond acceptors (Lipinski definition) is 3. The maximum Gasteiger partial charge on any atom is 0.260 e. The van der Waals surface area contributed by atoms with E-state index in [1.807, 2.05) is 0 Å². The second kappa shape index (κ2) is 7.03. The molecule has 0 fully saturated rings. The summed E-state index contributed by atoms with van der Waals surface area (Å²) in [6.45, 7) is -0.0694. The summed E-state index contributed by atoms with van der Waals surface area (Å²) in [4.78, 5) is 37.6. The average molecular weight is 361 g/mol. The van der Waals surface area contributed by atoms with Crippen LogP contribution in [0.3, 0.4) is 0 Å². The van der Waals surface area contributed by atoms with Crippen molar-refractivity contribution >= 4 is 35.0 Å². The Morgan fingerprint density at radius 2 is 1.92 bits per heavy atom. The third kappa shape index (κ3) is 3.53. The van der Waals surface area contributed by atoms with Gasteiger partial charge in [-0.05, 0) is 23.8 Å². The molecule has 0 aliphatic carbocycles. The van der Waals surface area contributed by atoms with Crippen molar-refractivity contribution in [2.75, 3.05) is 11.9 Å². The largest absolute Gasteiger partial charge is 0.323 e. The summed E-state index contributed by atoms with van der Waals surface area (Å²) in [6, 6.07) is 11.1. The van der Waals surface area contributed by atoms with Gasteiger partial charge in [0.15, 0.2) is 5.82 Å². The van der Waals surface area contributed by atoms with E-state index in [9.17, 15) is 18.8 Å². The molecule has 0 spiro atoms. The first-order valence-corrected chi connectivity index (χ1v) is 8.01. The van der Waals surface area contributed by atoms with Gasteiger partial charge in [0, 0.05) is 18.5 Å². The lowest BCUT2D eigenvalue weighted by Gasteiger charge is -2.26. The van der Waals surface area contributed by atoms with Crippen molar-refractivity contribution in [3.05, 3.63) is 64.4 Å². The molecule has 0 saturated carbocycles. The predicted octanol–water partition coefficient (Wildman–Crippen LogP) is 3.03. The van der Waals surface area contributed by atoms with Gasteiger partial charge in [0.05, 0.1) is 17.1 Å². The Kier molecular flexibility index (Phi) is 4.81. The number of nitrogens with one attached hydrogen (secondary N) is 1. The van der Waals surface area contributed by atoms with Crippen LogP contribution in [0.1, 0.15) is 22.3 Å². The fraction of sp³-hybridized carbons (Fsp3) is 0.167. The highest BCUT2D eigenvalue weighted by molar-refractivity contribution is 6.31. The fourth-order valence-corrected chi connectivity index (χ4v) is 2.83. The first-order chi connectivity index (χ1) is 12.0. The van der Waals surface area contributed by atoms with Crippen LogP contribution in [0.15, 0.2) is 42.5 Å². The zero-order valence-corrected chi connectivity index (χ0v) is 13.8. The summed E-state index contributed by atoms with van der Waals surface area (Å²) in [5, 5.41) is 2.29. The van der Waals surface area contributed by atoms with Gasteiger partial charge in [-0.3, -0.25) is 19.3 Å². The summed E-state index contributed by atoms with van der Waals surface area (Å²) in [6.07, 6.45) is -0.0158. The van der Waals surface area contributed by atoms with Crippen LogP contribution in [0.4, 0.5) is 10.1 Å². The summed E-state index contributed by atoms with van der Waals surface area (Å²) >= 11 is 5.66. The number of hydrogen-bond donors (Lipinski definition) is 1. The second-order valence-corrected chi connectivity index (χ2v) is 5.99. The van der Waals surface area contributed by atoms with Crippen LogP contribution >= 0.6 is 11.6 Å². The topological polar surface area (TPSA) is 66.5 Å². The lowest BCUT2D eigenvalue weighted by atomic mass is 9.98. The van der Waals surface area contributed by atoms with Crippen molar-refractivity contribution in [2.24, 2.45) is 0 Å². The van der Waals surface area contributed by atoms with Crippen LogP contribution in [0.5, 0.6) is 0 Å². The number of benzene rings is 2. The standard InChI is InChI=1S/C18H14ClFN2O3/c19-13-6-3-7-14(17(13)20)21-15(23)8-9-22-16(24)10-11-4-1-2-5-12(11)18(22)25/h1-7H,8-10H2,(H,21,23). The van der Waals surface area contributed by atoms with Crippen LogP contribution in [0, 0.1) is 5.82 Å². The summed E-state index contributed by atoms with van der Waals surface area (Å²) < 4.78 is 13.8. The van der Waals surface area contributed by atoms with Gasteiger partial charge in [0.1, 0.15) is 0 Å². The number of carbonyl (C=O) groups is 3. The minimum atomic E-state index is -0.725. The highest BCUT2D eigenvalue weighted by atomic mass is 35.5. The summed E-state index contributed by atoms with van der Waals surface area (Å²) in [5.74, 6) is -2.02. The van der Waals surface area contributed by atoms with E-state index in [0.29, 0.717) is 11.1 Å². The Morgan fingerprint density at radius 3 is 2.72 bits per heavy atom. The smallest absolute Gasteiger partial charge is 0.260 e. The number of carbonyl (C=O) groups excluding carboxylic acids is 3. The molecule has 1 aliphatic heterocycles. The summed E-state index contributed by atoms with van der Waals surface area (Å²) in [7, 11) is 0. The number of anilines is 1. The van der Waals surface area contributed by atoms with Crippen molar-refractivity contribution in [1.82, 2.24) is 4.90 Å². The molecule has 1 heterocycles. The molecule has 2 aromatic carbocycles. The molecule has 2 aromatic rings. The SMILES string of the molecule is O=C(CCN1C(=O)Cc2ccccc2C1=O)Nc1cccc(Cl)c1F. The van der Waals surface area contributed by atoms with Crippen molar-refractivity contribution in [2.45, 2.75) is 12.8 Å². The zero-order valence-electron chi connectivity index (χ0n) is 13.1. The van der Waals surface area contributed by atoms with E-state index in [1.165, 1.54) is 18.2 Å². The molecule has 3 amide bonds. The Labute approximate surface area is 148 Å². The molecule has 0 atom stereocenters. The molecule has 5 nitrogen and oxygen atoms in total. The van der Waals surface area contributed by atoms with Crippen LogP contribution in [0.2, 0.25) is 5.02 Å². The summed E-state index contributed by atoms with van der Waals surface area (Å²) in [5.41, 5.74) is 1.10. The fourth-order valence-electron chi connectivity index (χ4n) is 2.65. The molecule has 3 rings (SSSR count). The maximum atomic E-state index is 13.8. The normalized spacial score (nSPS) is 13.6. The average Bonchev–Trinajstić information content (AvgIpc) is 2.59. The molecule has 7 heteroatoms. The number of fused-ring (bicyclic) bond motifs is 1. The van der Waals surface area contributed by atoms with Crippen LogP contribution in [0.25, 0.3) is 0 Å². The van der Waals surface area contributed by atoms with Crippen molar-refractivity contribution in [3.63, 3.8) is 0 Å². The van der Waals surface area contributed by atoms with Crippen molar-refractivity contribution in [1.29, 1.82) is 0 Å². The Morgan fingerprint density at radius 1 is 1.16 bits per heavy atom. The van der Waals surface area contributed by atoms with E-state index in [2.05, 4.69) is 5.32 Å². The van der Waals surface area contributed by atoms with E-state index in [-0.39, 0.29) is 36.0 Å². The predicted molar refractivity (Wildman–Crippen MR) is 90.8 cm³/mol. The van der Waals surface area contributed by atoms with Gasteiger partial charge >= 0.3 is 0 Å². The van der Waals surface area contributed by atoms with E-state index in [0.717, 1.165) is 4.90 Å². The second-order valence-electron chi connectivity index (χ2n) is 5.58. The molecule has 128 valence electrons. The monoisotopic (exact) mass is 360 g/mol. The third-order valence-corrected chi connectivity index (χ3v) is 4.22. The minimum Gasteiger partial charge on any atom is -0.323 e. The van der Waals surface area contributed by atoms with E-state index in [4.69, 9.17) is 11.6 Å². The highest BCUT2D eigenvalue weighted by Gasteiger charge is 2.30. The lowest BCUT2D eigenvalue weighted by molar-refractivity contribution is -0.128. The Hall–Kier alpha value is -2.73. The van der Waals surface area contributed by atoms with Gasteiger partial charge in [0.25, 0.3) is 5.91 Å². The molecule has 0 bridgehead atoms. The van der Waals surface area contributed by atoms with Crippen molar-refractivity contribution in [3.8, 4) is 0 Å². The quantitative estimate of drug-likeness (QED) is 0.852. The van der Waals surface area contributed by atoms with E-state index in [1.54, 1.807) is 24.3 Å². The van der Waals surface area contributed by atoms with Crippen LogP contribution < -0.4 is 5.32 Å². The van der Waals surface area contributed by atoms with Gasteiger partial charge in [0.2, 0.25) is 11.8 Å². The molecule has 0 radical (unpaired) electrons. The molecule has 1 aliphatic rings. The number of nitrogens with zero attached hydrogens (tertiary/aromatic N) is 1. The number of imide groups is 1. The Bertz CT molecular complexity index is 869. The maximum absolute atomic E-state index is 13.8. The van der Waals surface area contributed by atoms with Crippen molar-refractivity contribution < 1.29 is 18.8 Å². The highest BCUT2D eigenvalue weighted by Crippen LogP contribution is 2.23. The molecule has 0 aromatic heterocycles. The van der Waals surface area contributed by atoms with Gasteiger partial charge < -0.3 is 5.32 Å². The molecular weight excluding hydrogens is 347 g/mol. The van der Waals surface area contributed by atoms with Gasteiger partial charge in [-0.25, -0.2) is 4.39 Å². The Balaban J connectivity index is 1.65. The minimum absolute atomic E-state index is 0.0425. The van der Waals surface area contributed by atoms with Gasteiger partial charge in [-0.1, -0.05) is 35.9 Å². The number of halogens is 2. The van der Waals surface area contributed by atoms with E-state index < -0.39 is 17.6 Å². The molecular formula is C18H14ClFN2O3. The molecule has 0 saturated heterocycles.